The van der Waals surface area contributed by atoms with Crippen molar-refractivity contribution in [1.29, 1.82) is 0 Å². The maximum absolute atomic E-state index is 5.35. The third-order valence-electron chi connectivity index (χ3n) is 1.55. The Balaban J connectivity index is 3.25. The fourth-order valence-corrected chi connectivity index (χ4v) is 0.849. The van der Waals surface area contributed by atoms with Crippen molar-refractivity contribution < 1.29 is 4.74 Å². The second-order valence-corrected chi connectivity index (χ2v) is 3.00. The Kier molecular flexibility index (Phi) is 6.84. The van der Waals surface area contributed by atoms with Gasteiger partial charge in [0.15, 0.2) is 0 Å². The molecule has 70 valence electrons. The normalized spacial score (nSPS) is 12.9. The van der Waals surface area contributed by atoms with Crippen LogP contribution in [-0.2, 0) is 4.74 Å². The average Bonchev–Trinajstić information content (AvgIpc) is 2.04. The summed E-state index contributed by atoms with van der Waals surface area (Å²) in [7, 11) is 0. The minimum absolute atomic E-state index is 0.195. The van der Waals surface area contributed by atoms with Gasteiger partial charge in [-0.2, -0.15) is 0 Å². The minimum Gasteiger partial charge on any atom is -0.377 e. The number of nitrogens with one attached hydrogen (secondary N) is 1. The van der Waals surface area contributed by atoms with Crippen LogP contribution in [0.5, 0.6) is 0 Å². The summed E-state index contributed by atoms with van der Waals surface area (Å²) in [5, 5.41) is 3.21. The summed E-state index contributed by atoms with van der Waals surface area (Å²) in [5.41, 5.74) is 0. The summed E-state index contributed by atoms with van der Waals surface area (Å²) < 4.78 is 5.35. The van der Waals surface area contributed by atoms with Gasteiger partial charge in [-0.15, -0.1) is 6.42 Å². The van der Waals surface area contributed by atoms with Crippen LogP contribution in [0.1, 0.15) is 27.2 Å². The lowest BCUT2D eigenvalue weighted by atomic mass is 10.2. The van der Waals surface area contributed by atoms with E-state index in [9.17, 15) is 0 Å². The van der Waals surface area contributed by atoms with E-state index in [1.54, 1.807) is 0 Å². The maximum atomic E-state index is 5.35. The van der Waals surface area contributed by atoms with Crippen LogP contribution in [0.4, 0.5) is 0 Å². The number of hydrogen-bond donors (Lipinski definition) is 1. The van der Waals surface area contributed by atoms with Crippen LogP contribution in [0.3, 0.4) is 0 Å². The lowest BCUT2D eigenvalue weighted by molar-refractivity contribution is 0.0801. The molecule has 0 aliphatic rings. The zero-order chi connectivity index (χ0) is 9.40. The third kappa shape index (κ3) is 6.21. The highest BCUT2D eigenvalue weighted by Crippen LogP contribution is 1.89. The van der Waals surface area contributed by atoms with Crippen molar-refractivity contribution in [3.05, 3.63) is 0 Å². The summed E-state index contributed by atoms with van der Waals surface area (Å²) in [6, 6.07) is 0.195. The number of hydrogen-bond acceptors (Lipinski definition) is 2. The van der Waals surface area contributed by atoms with Gasteiger partial charge >= 0.3 is 0 Å². The molecule has 0 saturated carbocycles. The molecule has 0 fully saturated rings. The van der Waals surface area contributed by atoms with Crippen molar-refractivity contribution >= 4 is 0 Å². The van der Waals surface area contributed by atoms with Gasteiger partial charge in [-0.1, -0.05) is 12.8 Å². The second-order valence-electron chi connectivity index (χ2n) is 3.00. The number of rotatable bonds is 6. The average molecular weight is 169 g/mol. The van der Waals surface area contributed by atoms with Crippen LogP contribution in [0.15, 0.2) is 0 Å². The van der Waals surface area contributed by atoms with Crippen molar-refractivity contribution in [1.82, 2.24) is 5.32 Å². The van der Waals surface area contributed by atoms with Gasteiger partial charge in [0, 0.05) is 6.54 Å². The first kappa shape index (κ1) is 11.5. The van der Waals surface area contributed by atoms with Crippen LogP contribution in [0.25, 0.3) is 0 Å². The van der Waals surface area contributed by atoms with Crippen molar-refractivity contribution in [3.63, 3.8) is 0 Å². The molecule has 12 heavy (non-hydrogen) atoms. The van der Waals surface area contributed by atoms with Crippen molar-refractivity contribution in [2.24, 2.45) is 0 Å². The van der Waals surface area contributed by atoms with Crippen LogP contribution in [0, 0.1) is 12.3 Å². The summed E-state index contributed by atoms with van der Waals surface area (Å²) in [6.45, 7) is 7.69. The van der Waals surface area contributed by atoms with Gasteiger partial charge in [-0.25, -0.2) is 0 Å². The van der Waals surface area contributed by atoms with E-state index in [2.05, 4.69) is 18.2 Å². The molecule has 1 N–H and O–H groups in total. The van der Waals surface area contributed by atoms with Gasteiger partial charge in [-0.05, 0) is 20.3 Å². The van der Waals surface area contributed by atoms with Gasteiger partial charge in [-0.3, -0.25) is 0 Å². The predicted octanol–water partition coefficient (Wildman–Crippen LogP) is 1.41. The van der Waals surface area contributed by atoms with E-state index in [0.29, 0.717) is 6.10 Å². The largest absolute Gasteiger partial charge is 0.377 e. The summed E-state index contributed by atoms with van der Waals surface area (Å²) in [6.07, 6.45) is 6.55. The lowest BCUT2D eigenvalue weighted by Crippen LogP contribution is -2.30. The standard InChI is InChI=1S/C10H19NO/c1-5-10(6-2)11-7-8-12-9(3)4/h1,9-11H,6-8H2,2-4H3. The fourth-order valence-electron chi connectivity index (χ4n) is 0.849. The highest BCUT2D eigenvalue weighted by atomic mass is 16.5. The molecule has 0 aliphatic heterocycles. The smallest absolute Gasteiger partial charge is 0.0685 e. The van der Waals surface area contributed by atoms with Gasteiger partial charge < -0.3 is 10.1 Å². The van der Waals surface area contributed by atoms with E-state index in [1.807, 2.05) is 13.8 Å². The molecular weight excluding hydrogens is 150 g/mol. The van der Waals surface area contributed by atoms with Crippen molar-refractivity contribution in [3.8, 4) is 12.3 Å². The topological polar surface area (TPSA) is 21.3 Å². The third-order valence-corrected chi connectivity index (χ3v) is 1.55. The van der Waals surface area contributed by atoms with Gasteiger partial charge in [0.1, 0.15) is 0 Å². The Morgan fingerprint density at radius 2 is 2.17 bits per heavy atom. The quantitative estimate of drug-likeness (QED) is 0.479. The molecule has 0 bridgehead atoms. The fraction of sp³-hybridized carbons (Fsp3) is 0.800. The second kappa shape index (κ2) is 7.15. The molecule has 2 heteroatoms. The van der Waals surface area contributed by atoms with Gasteiger partial charge in [0.05, 0.1) is 18.8 Å². The monoisotopic (exact) mass is 169 g/mol. The molecule has 2 nitrogen and oxygen atoms in total. The Morgan fingerprint density at radius 3 is 2.58 bits per heavy atom. The number of ether oxygens (including phenoxy) is 1. The van der Waals surface area contributed by atoms with Crippen LogP contribution in [0.2, 0.25) is 0 Å². The number of terminal acetylenes is 1. The Bertz CT molecular complexity index is 137. The predicted molar refractivity (Wildman–Crippen MR) is 52.0 cm³/mol. The zero-order valence-corrected chi connectivity index (χ0v) is 8.26. The molecule has 0 aromatic rings. The Hall–Kier alpha value is -0.520. The highest BCUT2D eigenvalue weighted by molar-refractivity contribution is 4.97. The van der Waals surface area contributed by atoms with E-state index in [1.165, 1.54) is 0 Å². The molecule has 0 aromatic carbocycles. The van der Waals surface area contributed by atoms with Crippen LogP contribution in [-0.4, -0.2) is 25.3 Å². The van der Waals surface area contributed by atoms with Crippen molar-refractivity contribution in [2.75, 3.05) is 13.2 Å². The van der Waals surface area contributed by atoms with Crippen molar-refractivity contribution in [2.45, 2.75) is 39.3 Å². The van der Waals surface area contributed by atoms with Gasteiger partial charge in [0.25, 0.3) is 0 Å². The van der Waals surface area contributed by atoms with Gasteiger partial charge in [0.2, 0.25) is 0 Å². The molecular formula is C10H19NO. The Labute approximate surface area is 75.7 Å². The summed E-state index contributed by atoms with van der Waals surface area (Å²) >= 11 is 0. The molecule has 0 rings (SSSR count). The summed E-state index contributed by atoms with van der Waals surface area (Å²) in [5.74, 6) is 2.67. The van der Waals surface area contributed by atoms with Crippen LogP contribution >= 0.6 is 0 Å². The molecule has 0 heterocycles. The first-order chi connectivity index (χ1) is 5.70. The molecule has 0 radical (unpaired) electrons. The first-order valence-electron chi connectivity index (χ1n) is 4.51. The Morgan fingerprint density at radius 1 is 1.50 bits per heavy atom. The molecule has 0 spiro atoms. The van der Waals surface area contributed by atoms with E-state index in [4.69, 9.17) is 11.2 Å². The lowest BCUT2D eigenvalue weighted by Gasteiger charge is -2.11. The van der Waals surface area contributed by atoms with E-state index in [-0.39, 0.29) is 6.04 Å². The highest BCUT2D eigenvalue weighted by Gasteiger charge is 1.99. The molecule has 0 aromatic heterocycles. The van der Waals surface area contributed by atoms with E-state index in [0.717, 1.165) is 19.6 Å². The molecule has 1 atom stereocenters. The molecule has 0 amide bonds. The molecule has 1 unspecified atom stereocenters. The molecule has 0 saturated heterocycles. The summed E-state index contributed by atoms with van der Waals surface area (Å²) in [4.78, 5) is 0. The SMILES string of the molecule is C#CC(CC)NCCOC(C)C. The van der Waals surface area contributed by atoms with E-state index < -0.39 is 0 Å². The molecule has 0 aliphatic carbocycles. The van der Waals surface area contributed by atoms with Crippen LogP contribution < -0.4 is 5.32 Å². The minimum atomic E-state index is 0.195. The first-order valence-corrected chi connectivity index (χ1v) is 4.51. The van der Waals surface area contributed by atoms with E-state index >= 15 is 0 Å². The maximum Gasteiger partial charge on any atom is 0.0685 e. The zero-order valence-electron chi connectivity index (χ0n) is 8.26.